The van der Waals surface area contributed by atoms with Gasteiger partial charge < -0.3 is 14.8 Å². The van der Waals surface area contributed by atoms with Gasteiger partial charge in [-0.25, -0.2) is 18.1 Å². The zero-order chi connectivity index (χ0) is 28.5. The Hall–Kier alpha value is -1.85. The average molecular weight is 590 g/mol. The molecule has 10 heteroatoms. The first-order valence-corrected chi connectivity index (χ1v) is 16.9. The Labute approximate surface area is 242 Å². The molecule has 1 amide bonds. The third kappa shape index (κ3) is 6.78. The van der Waals surface area contributed by atoms with Crippen LogP contribution in [0, 0.1) is 5.92 Å². The number of carbonyl (C=O) groups is 1. The Kier molecular flexibility index (Phi) is 8.74. The van der Waals surface area contributed by atoms with Crippen molar-refractivity contribution in [3.05, 3.63) is 34.5 Å². The average Bonchev–Trinajstić information content (AvgIpc) is 3.61. The van der Waals surface area contributed by atoms with E-state index in [1.165, 1.54) is 43.4 Å². The summed E-state index contributed by atoms with van der Waals surface area (Å²) in [4.78, 5) is 19.4. The van der Waals surface area contributed by atoms with Crippen LogP contribution >= 0.6 is 11.3 Å². The molecule has 2 aromatic rings. The fourth-order valence-electron chi connectivity index (χ4n) is 5.98. The van der Waals surface area contributed by atoms with Crippen LogP contribution in [0.3, 0.4) is 0 Å². The van der Waals surface area contributed by atoms with Crippen LogP contribution in [0.5, 0.6) is 0 Å². The van der Waals surface area contributed by atoms with E-state index in [9.17, 15) is 13.2 Å². The number of aromatic nitrogens is 1. The molecule has 2 N–H and O–H groups in total. The molecule has 1 aliphatic heterocycles. The number of rotatable bonds is 9. The first-order chi connectivity index (χ1) is 19.0. The first-order valence-electron chi connectivity index (χ1n) is 14.6. The van der Waals surface area contributed by atoms with Gasteiger partial charge >= 0.3 is 0 Å². The minimum Gasteiger partial charge on any atom is -0.381 e. The number of sulfonamides is 1. The fraction of sp³-hybridized carbons (Fsp3) is 0.667. The number of thiazole rings is 1. The van der Waals surface area contributed by atoms with E-state index >= 15 is 0 Å². The lowest BCUT2D eigenvalue weighted by atomic mass is 9.85. The number of amides is 1. The van der Waals surface area contributed by atoms with Gasteiger partial charge in [0, 0.05) is 37.5 Å². The smallest absolute Gasteiger partial charge is 0.280 e. The summed E-state index contributed by atoms with van der Waals surface area (Å²) in [6, 6.07) is 5.62. The maximum absolute atomic E-state index is 13.5. The number of carbonyl (C=O) groups excluding carboxylic acids is 1. The maximum atomic E-state index is 13.5. The molecule has 5 rings (SSSR count). The third-order valence-electron chi connectivity index (χ3n) is 8.21. The lowest BCUT2D eigenvalue weighted by molar-refractivity contribution is 0.0696. The molecule has 1 aromatic heterocycles. The highest BCUT2D eigenvalue weighted by molar-refractivity contribution is 7.89. The number of hydrogen-bond acceptors (Lipinski definition) is 7. The number of ether oxygens (including phenoxy) is 2. The Morgan fingerprint density at radius 2 is 1.82 bits per heavy atom. The SMILES string of the molecule is COC1(c2cc(-c3sc(C(=O)NC4CCOCC4)nc3CC3CCCCC3)ccc2S(=O)(=O)NC(C)(C)C)CC1. The largest absolute Gasteiger partial charge is 0.381 e. The molecular weight excluding hydrogens is 546 g/mol. The van der Waals surface area contributed by atoms with Crippen LogP contribution in [-0.4, -0.2) is 51.2 Å². The van der Waals surface area contributed by atoms with Crippen LogP contribution in [0.15, 0.2) is 23.1 Å². The predicted molar refractivity (Wildman–Crippen MR) is 157 cm³/mol. The molecule has 8 nitrogen and oxygen atoms in total. The van der Waals surface area contributed by atoms with E-state index in [-0.39, 0.29) is 16.8 Å². The van der Waals surface area contributed by atoms with E-state index in [0.29, 0.717) is 29.7 Å². The molecule has 0 spiro atoms. The standard InChI is InChI=1S/C30H43N3O5S2/c1-29(2,3)33-40(35,36)25-11-10-21(19-23(25)30(37-4)14-15-30)26-24(18-20-8-6-5-7-9-20)32-28(39-26)27(34)31-22-12-16-38-17-13-22/h10-11,19-20,22,33H,5-9,12-18H2,1-4H3,(H,31,34). The van der Waals surface area contributed by atoms with Crippen molar-refractivity contribution < 1.29 is 22.7 Å². The van der Waals surface area contributed by atoms with Crippen LogP contribution in [0.1, 0.15) is 99.6 Å². The molecule has 0 radical (unpaired) electrons. The summed E-state index contributed by atoms with van der Waals surface area (Å²) in [5, 5.41) is 3.62. The molecule has 1 saturated heterocycles. The zero-order valence-corrected chi connectivity index (χ0v) is 25.8. The highest BCUT2D eigenvalue weighted by atomic mass is 32.2. The van der Waals surface area contributed by atoms with E-state index < -0.39 is 21.2 Å². The molecule has 2 saturated carbocycles. The van der Waals surface area contributed by atoms with Gasteiger partial charge in [0.1, 0.15) is 0 Å². The van der Waals surface area contributed by atoms with Crippen LogP contribution in [0.4, 0.5) is 0 Å². The van der Waals surface area contributed by atoms with Gasteiger partial charge in [0.15, 0.2) is 5.01 Å². The van der Waals surface area contributed by atoms with Crippen molar-refractivity contribution in [2.45, 2.75) is 107 Å². The van der Waals surface area contributed by atoms with Gasteiger partial charge in [0.25, 0.3) is 5.91 Å². The summed E-state index contributed by atoms with van der Waals surface area (Å²) in [6.45, 7) is 6.82. The summed E-state index contributed by atoms with van der Waals surface area (Å²) in [7, 11) is -2.13. The topological polar surface area (TPSA) is 107 Å². The fourth-order valence-corrected chi connectivity index (χ4v) is 8.67. The minimum absolute atomic E-state index is 0.0956. The molecule has 40 heavy (non-hydrogen) atoms. The van der Waals surface area contributed by atoms with Gasteiger partial charge in [-0.05, 0) is 76.5 Å². The maximum Gasteiger partial charge on any atom is 0.280 e. The van der Waals surface area contributed by atoms with Crippen LogP contribution in [0.25, 0.3) is 10.4 Å². The Morgan fingerprint density at radius 1 is 1.12 bits per heavy atom. The van der Waals surface area contributed by atoms with Crippen molar-refractivity contribution >= 4 is 27.3 Å². The molecule has 3 aliphatic rings. The summed E-state index contributed by atoms with van der Waals surface area (Å²) < 4.78 is 41.1. The van der Waals surface area contributed by atoms with Crippen LogP contribution in [-0.2, 0) is 31.5 Å². The Morgan fingerprint density at radius 3 is 2.45 bits per heavy atom. The highest BCUT2D eigenvalue weighted by Gasteiger charge is 2.48. The van der Waals surface area contributed by atoms with Gasteiger partial charge in [0.05, 0.1) is 21.1 Å². The van der Waals surface area contributed by atoms with Gasteiger partial charge in [-0.2, -0.15) is 0 Å². The molecule has 3 fully saturated rings. The Bertz CT molecular complexity index is 1320. The summed E-state index contributed by atoms with van der Waals surface area (Å²) in [5.41, 5.74) is 1.27. The number of methoxy groups -OCH3 is 1. The third-order valence-corrected chi connectivity index (χ3v) is 11.2. The molecule has 0 atom stereocenters. The Balaban J connectivity index is 1.53. The van der Waals surface area contributed by atoms with Crippen molar-refractivity contribution in [2.75, 3.05) is 20.3 Å². The minimum atomic E-state index is -3.77. The molecule has 0 unspecified atom stereocenters. The lowest BCUT2D eigenvalue weighted by Gasteiger charge is -2.24. The molecule has 2 aliphatic carbocycles. The van der Waals surface area contributed by atoms with Crippen molar-refractivity contribution in [1.82, 2.24) is 15.0 Å². The van der Waals surface area contributed by atoms with E-state index in [1.54, 1.807) is 13.2 Å². The molecule has 1 aromatic carbocycles. The second kappa shape index (κ2) is 11.8. The van der Waals surface area contributed by atoms with E-state index in [2.05, 4.69) is 10.0 Å². The number of nitrogens with one attached hydrogen (secondary N) is 2. The summed E-state index contributed by atoms with van der Waals surface area (Å²) in [5.74, 6) is 0.405. The molecular formula is C30H43N3O5S2. The number of nitrogens with zero attached hydrogens (tertiary/aromatic N) is 1. The molecule has 220 valence electrons. The summed E-state index contributed by atoms with van der Waals surface area (Å²) in [6.07, 6.45) is 10.1. The van der Waals surface area contributed by atoms with Gasteiger partial charge in [0.2, 0.25) is 10.0 Å². The highest BCUT2D eigenvalue weighted by Crippen LogP contribution is 2.52. The van der Waals surface area contributed by atoms with Crippen molar-refractivity contribution in [1.29, 1.82) is 0 Å². The van der Waals surface area contributed by atoms with E-state index in [0.717, 1.165) is 48.2 Å². The predicted octanol–water partition coefficient (Wildman–Crippen LogP) is 5.55. The van der Waals surface area contributed by atoms with E-state index in [4.69, 9.17) is 14.5 Å². The molecule has 0 bridgehead atoms. The second-order valence-electron chi connectivity index (χ2n) is 12.6. The second-order valence-corrected chi connectivity index (χ2v) is 15.3. The summed E-state index contributed by atoms with van der Waals surface area (Å²) >= 11 is 1.41. The zero-order valence-electron chi connectivity index (χ0n) is 24.2. The monoisotopic (exact) mass is 589 g/mol. The van der Waals surface area contributed by atoms with Crippen molar-refractivity contribution in [2.24, 2.45) is 5.92 Å². The van der Waals surface area contributed by atoms with Gasteiger partial charge in [-0.3, -0.25) is 4.79 Å². The number of hydrogen-bond donors (Lipinski definition) is 2. The van der Waals surface area contributed by atoms with E-state index in [1.807, 2.05) is 32.9 Å². The quantitative estimate of drug-likeness (QED) is 0.397. The van der Waals surface area contributed by atoms with Crippen LogP contribution < -0.4 is 10.0 Å². The van der Waals surface area contributed by atoms with Gasteiger partial charge in [-0.15, -0.1) is 11.3 Å². The molecule has 2 heterocycles. The van der Waals surface area contributed by atoms with Crippen LogP contribution in [0.2, 0.25) is 0 Å². The first kappa shape index (κ1) is 29.6. The normalized spacial score (nSPS) is 20.4. The number of benzene rings is 1. The van der Waals surface area contributed by atoms with Crippen molar-refractivity contribution in [3.63, 3.8) is 0 Å². The lowest BCUT2D eigenvalue weighted by Crippen LogP contribution is -2.41. The van der Waals surface area contributed by atoms with Crippen molar-refractivity contribution in [3.8, 4) is 10.4 Å². The van der Waals surface area contributed by atoms with Gasteiger partial charge in [-0.1, -0.05) is 38.2 Å².